The molecule has 6 nitrogen and oxygen atoms in total. The largest absolute Gasteiger partial charge is 0.302 e. The maximum absolute atomic E-state index is 12.2. The number of hydrogen-bond acceptors (Lipinski definition) is 5. The van der Waals surface area contributed by atoms with E-state index in [1.165, 1.54) is 35.8 Å². The number of rotatable bonds is 6. The summed E-state index contributed by atoms with van der Waals surface area (Å²) in [5.41, 5.74) is 0.674. The number of fused-ring (bicyclic) bond motifs is 1. The molecule has 1 aromatic carbocycles. The number of nitrogens with one attached hydrogen (secondary N) is 1. The van der Waals surface area contributed by atoms with Crippen LogP contribution in [0.1, 0.15) is 26.7 Å². The molecule has 0 spiro atoms. The van der Waals surface area contributed by atoms with Gasteiger partial charge in [-0.3, -0.25) is 4.79 Å². The van der Waals surface area contributed by atoms with Gasteiger partial charge in [-0.2, -0.15) is 0 Å². The lowest BCUT2D eigenvalue weighted by atomic mass is 10.0. The number of carbonyl (C=O) groups excluding carboxylic acids is 1. The van der Waals surface area contributed by atoms with Crippen molar-refractivity contribution in [1.82, 2.24) is 9.29 Å². The van der Waals surface area contributed by atoms with Gasteiger partial charge in [-0.25, -0.2) is 17.7 Å². The van der Waals surface area contributed by atoms with Gasteiger partial charge in [0.05, 0.1) is 15.1 Å². The highest BCUT2D eigenvalue weighted by Gasteiger charge is 2.19. The highest BCUT2D eigenvalue weighted by atomic mass is 32.2. The van der Waals surface area contributed by atoms with Crippen LogP contribution in [0.5, 0.6) is 0 Å². The smallest absolute Gasteiger partial charge is 0.242 e. The van der Waals surface area contributed by atoms with Crippen molar-refractivity contribution in [3.8, 4) is 0 Å². The molecule has 1 amide bonds. The summed E-state index contributed by atoms with van der Waals surface area (Å²) >= 11 is 1.28. The van der Waals surface area contributed by atoms with Crippen LogP contribution < -0.4 is 5.32 Å². The van der Waals surface area contributed by atoms with Crippen LogP contribution in [-0.4, -0.2) is 37.7 Å². The molecule has 126 valence electrons. The molecule has 1 N–H and O–H groups in total. The zero-order valence-electron chi connectivity index (χ0n) is 13.7. The molecule has 23 heavy (non-hydrogen) atoms. The molecule has 0 unspecified atom stereocenters. The summed E-state index contributed by atoms with van der Waals surface area (Å²) < 4.78 is 26.2. The molecule has 2 aromatic rings. The number of thiazole rings is 1. The Kier molecular flexibility index (Phi) is 5.38. The molecule has 2 rings (SSSR count). The van der Waals surface area contributed by atoms with Crippen molar-refractivity contribution < 1.29 is 13.2 Å². The lowest BCUT2D eigenvalue weighted by Crippen LogP contribution is -2.22. The molecule has 0 aliphatic rings. The first-order valence-corrected chi connectivity index (χ1v) is 9.69. The van der Waals surface area contributed by atoms with Gasteiger partial charge in [0, 0.05) is 20.0 Å². The van der Waals surface area contributed by atoms with Gasteiger partial charge in [-0.05, 0) is 31.0 Å². The Hall–Kier alpha value is -1.51. The highest BCUT2D eigenvalue weighted by molar-refractivity contribution is 7.89. The first-order valence-electron chi connectivity index (χ1n) is 7.43. The van der Waals surface area contributed by atoms with E-state index in [0.29, 0.717) is 10.6 Å². The first kappa shape index (κ1) is 17.8. The quantitative estimate of drug-likeness (QED) is 0.864. The lowest BCUT2D eigenvalue weighted by Gasteiger charge is -2.10. The zero-order valence-corrected chi connectivity index (χ0v) is 15.3. The molecule has 1 aromatic heterocycles. The molecular formula is C15H21N3O3S2. The first-order chi connectivity index (χ1) is 10.8. The van der Waals surface area contributed by atoms with Crippen LogP contribution >= 0.6 is 11.3 Å². The Morgan fingerprint density at radius 1 is 1.30 bits per heavy atom. The molecule has 0 aliphatic carbocycles. The Balaban J connectivity index is 2.32. The topological polar surface area (TPSA) is 79.4 Å². The van der Waals surface area contributed by atoms with Crippen molar-refractivity contribution in [2.75, 3.05) is 19.4 Å². The standard InChI is InChI=1S/C15H21N3O3S2/c1-5-10(6-2)14(19)17-15-16-12-8-7-11(9-13(12)22-15)23(20,21)18(3)4/h7-10H,5-6H2,1-4H3,(H,16,17,19). The summed E-state index contributed by atoms with van der Waals surface area (Å²) in [6.45, 7) is 3.95. The van der Waals surface area contributed by atoms with E-state index in [9.17, 15) is 13.2 Å². The van der Waals surface area contributed by atoms with Crippen molar-refractivity contribution in [2.45, 2.75) is 31.6 Å². The molecule has 0 radical (unpaired) electrons. The molecule has 0 aliphatic heterocycles. The second kappa shape index (κ2) is 6.94. The summed E-state index contributed by atoms with van der Waals surface area (Å²) in [4.78, 5) is 16.7. The summed E-state index contributed by atoms with van der Waals surface area (Å²) in [5, 5.41) is 3.32. The lowest BCUT2D eigenvalue weighted by molar-refractivity contribution is -0.120. The monoisotopic (exact) mass is 355 g/mol. The number of aromatic nitrogens is 1. The van der Waals surface area contributed by atoms with Gasteiger partial charge in [-0.15, -0.1) is 0 Å². The fraction of sp³-hybridized carbons (Fsp3) is 0.467. The summed E-state index contributed by atoms with van der Waals surface area (Å²) in [7, 11) is -0.492. The second-order valence-electron chi connectivity index (χ2n) is 5.44. The van der Waals surface area contributed by atoms with Crippen LogP contribution in [0.15, 0.2) is 23.1 Å². The molecular weight excluding hydrogens is 334 g/mol. The van der Waals surface area contributed by atoms with Crippen LogP contribution in [-0.2, 0) is 14.8 Å². The molecule has 1 heterocycles. The van der Waals surface area contributed by atoms with Gasteiger partial charge < -0.3 is 5.32 Å². The van der Waals surface area contributed by atoms with Gasteiger partial charge in [0.2, 0.25) is 15.9 Å². The molecule has 0 saturated heterocycles. The van der Waals surface area contributed by atoms with Crippen LogP contribution in [0.4, 0.5) is 5.13 Å². The average Bonchev–Trinajstić information content (AvgIpc) is 2.89. The van der Waals surface area contributed by atoms with Gasteiger partial charge >= 0.3 is 0 Å². The fourth-order valence-electron chi connectivity index (χ4n) is 2.20. The molecule has 0 bridgehead atoms. The normalized spacial score (nSPS) is 12.3. The van der Waals surface area contributed by atoms with Crippen molar-refractivity contribution in [3.63, 3.8) is 0 Å². The van der Waals surface area contributed by atoms with Crippen LogP contribution in [0, 0.1) is 5.92 Å². The third-order valence-electron chi connectivity index (χ3n) is 3.72. The number of carbonyl (C=O) groups is 1. The number of amides is 1. The minimum atomic E-state index is -3.48. The van der Waals surface area contributed by atoms with Gasteiger partial charge in [0.1, 0.15) is 0 Å². The maximum Gasteiger partial charge on any atom is 0.242 e. The number of benzene rings is 1. The number of anilines is 1. The third kappa shape index (κ3) is 3.70. The number of sulfonamides is 1. The molecule has 8 heteroatoms. The van der Waals surface area contributed by atoms with Gasteiger partial charge in [0.15, 0.2) is 5.13 Å². The Bertz CT molecular complexity index is 808. The zero-order chi connectivity index (χ0) is 17.2. The fourth-order valence-corrected chi connectivity index (χ4v) is 4.11. The van der Waals surface area contributed by atoms with Gasteiger partial charge in [0.25, 0.3) is 0 Å². The van der Waals surface area contributed by atoms with Crippen molar-refractivity contribution in [1.29, 1.82) is 0 Å². The van der Waals surface area contributed by atoms with E-state index in [1.54, 1.807) is 12.1 Å². The molecule has 0 atom stereocenters. The SMILES string of the molecule is CCC(CC)C(=O)Nc1nc2ccc(S(=O)(=O)N(C)C)cc2s1. The Labute approximate surface area is 140 Å². The predicted molar refractivity (Wildman–Crippen MR) is 93.2 cm³/mol. The highest BCUT2D eigenvalue weighted by Crippen LogP contribution is 2.29. The van der Waals surface area contributed by atoms with Crippen LogP contribution in [0.2, 0.25) is 0 Å². The van der Waals surface area contributed by atoms with Crippen molar-refractivity contribution in [2.24, 2.45) is 5.92 Å². The number of hydrogen-bond donors (Lipinski definition) is 1. The Morgan fingerprint density at radius 3 is 2.52 bits per heavy atom. The van der Waals surface area contributed by atoms with Crippen molar-refractivity contribution in [3.05, 3.63) is 18.2 Å². The van der Waals surface area contributed by atoms with Crippen LogP contribution in [0.25, 0.3) is 10.2 Å². The van der Waals surface area contributed by atoms with Gasteiger partial charge in [-0.1, -0.05) is 25.2 Å². The number of nitrogens with zero attached hydrogens (tertiary/aromatic N) is 2. The minimum absolute atomic E-state index is 0.0355. The molecule has 0 fully saturated rings. The second-order valence-corrected chi connectivity index (χ2v) is 8.62. The maximum atomic E-state index is 12.2. The van der Waals surface area contributed by atoms with Crippen LogP contribution in [0.3, 0.4) is 0 Å². The van der Waals surface area contributed by atoms with E-state index in [4.69, 9.17) is 0 Å². The summed E-state index contributed by atoms with van der Waals surface area (Å²) in [5.74, 6) is -0.0816. The average molecular weight is 355 g/mol. The van der Waals surface area contributed by atoms with E-state index in [1.807, 2.05) is 13.8 Å². The molecule has 0 saturated carbocycles. The summed E-state index contributed by atoms with van der Waals surface area (Å²) in [6.07, 6.45) is 1.55. The minimum Gasteiger partial charge on any atom is -0.302 e. The van der Waals surface area contributed by atoms with E-state index in [-0.39, 0.29) is 16.7 Å². The summed E-state index contributed by atoms with van der Waals surface area (Å²) in [6, 6.07) is 4.79. The third-order valence-corrected chi connectivity index (χ3v) is 6.47. The van der Waals surface area contributed by atoms with E-state index >= 15 is 0 Å². The van der Waals surface area contributed by atoms with E-state index in [2.05, 4.69) is 10.3 Å². The van der Waals surface area contributed by atoms with E-state index in [0.717, 1.165) is 17.5 Å². The van der Waals surface area contributed by atoms with E-state index < -0.39 is 10.0 Å². The predicted octanol–water partition coefficient (Wildman–Crippen LogP) is 2.92. The van der Waals surface area contributed by atoms with Crippen molar-refractivity contribution >= 4 is 42.6 Å². The Morgan fingerprint density at radius 2 is 1.96 bits per heavy atom.